The maximum absolute atomic E-state index is 11.6. The highest BCUT2D eigenvalue weighted by molar-refractivity contribution is 9.09. The van der Waals surface area contributed by atoms with Crippen molar-refractivity contribution < 1.29 is 9.53 Å². The van der Waals surface area contributed by atoms with Gasteiger partial charge in [-0.25, -0.2) is 0 Å². The minimum Gasteiger partial charge on any atom is -0.384 e. The zero-order valence-corrected chi connectivity index (χ0v) is 11.4. The van der Waals surface area contributed by atoms with Gasteiger partial charge in [0.15, 0.2) is 0 Å². The fourth-order valence-corrected chi connectivity index (χ4v) is 3.22. The largest absolute Gasteiger partial charge is 0.384 e. The van der Waals surface area contributed by atoms with Crippen molar-refractivity contribution in [2.75, 3.05) is 31.8 Å². The first-order valence-electron chi connectivity index (χ1n) is 5.22. The molecule has 2 atom stereocenters. The summed E-state index contributed by atoms with van der Waals surface area (Å²) in [5, 5.41) is 2.98. The van der Waals surface area contributed by atoms with Gasteiger partial charge in [-0.3, -0.25) is 4.79 Å². The predicted molar refractivity (Wildman–Crippen MR) is 67.6 cm³/mol. The van der Waals surface area contributed by atoms with Gasteiger partial charge >= 0.3 is 0 Å². The molecule has 1 N–H and O–H groups in total. The number of methoxy groups -OCH3 is 1. The minimum absolute atomic E-state index is 0.220. The van der Waals surface area contributed by atoms with Gasteiger partial charge in [-0.1, -0.05) is 15.9 Å². The SMILES string of the molecule is COCC(Br)CCNC(=O)C1CCSC1. The summed E-state index contributed by atoms with van der Waals surface area (Å²) >= 11 is 5.36. The number of alkyl halides is 1. The molecule has 0 aromatic rings. The normalized spacial score (nSPS) is 22.7. The van der Waals surface area contributed by atoms with E-state index in [0.29, 0.717) is 11.4 Å². The number of halogens is 1. The van der Waals surface area contributed by atoms with E-state index in [-0.39, 0.29) is 11.8 Å². The lowest BCUT2D eigenvalue weighted by Crippen LogP contribution is -2.32. The summed E-state index contributed by atoms with van der Waals surface area (Å²) in [5.74, 6) is 2.58. The molecule has 5 heteroatoms. The third-order valence-electron chi connectivity index (χ3n) is 2.40. The molecule has 0 aromatic heterocycles. The Morgan fingerprint density at radius 1 is 1.73 bits per heavy atom. The van der Waals surface area contributed by atoms with Gasteiger partial charge < -0.3 is 10.1 Å². The Morgan fingerprint density at radius 3 is 3.13 bits per heavy atom. The van der Waals surface area contributed by atoms with Crippen LogP contribution in [0.3, 0.4) is 0 Å². The Morgan fingerprint density at radius 2 is 2.53 bits per heavy atom. The Balaban J connectivity index is 2.06. The van der Waals surface area contributed by atoms with E-state index in [9.17, 15) is 4.79 Å². The third kappa shape index (κ3) is 5.22. The number of amides is 1. The van der Waals surface area contributed by atoms with Gasteiger partial charge in [-0.15, -0.1) is 0 Å². The van der Waals surface area contributed by atoms with Crippen molar-refractivity contribution in [3.63, 3.8) is 0 Å². The number of thioether (sulfide) groups is 1. The molecule has 0 saturated carbocycles. The van der Waals surface area contributed by atoms with Crippen molar-refractivity contribution in [1.82, 2.24) is 5.32 Å². The molecular weight excluding hydrogens is 278 g/mol. The van der Waals surface area contributed by atoms with Crippen molar-refractivity contribution in [2.45, 2.75) is 17.7 Å². The molecule has 1 aliphatic rings. The number of ether oxygens (including phenoxy) is 1. The summed E-state index contributed by atoms with van der Waals surface area (Å²) in [7, 11) is 1.68. The van der Waals surface area contributed by atoms with E-state index in [0.717, 1.165) is 30.9 Å². The van der Waals surface area contributed by atoms with Crippen LogP contribution < -0.4 is 5.32 Å². The second kappa shape index (κ2) is 7.52. The van der Waals surface area contributed by atoms with Crippen LogP contribution in [0.5, 0.6) is 0 Å². The Kier molecular flexibility index (Phi) is 6.68. The first-order chi connectivity index (χ1) is 7.24. The molecule has 0 aromatic carbocycles. The summed E-state index contributed by atoms with van der Waals surface area (Å²) in [6.45, 7) is 1.43. The van der Waals surface area contributed by atoms with Gasteiger partial charge in [-0.05, 0) is 18.6 Å². The van der Waals surface area contributed by atoms with E-state index in [4.69, 9.17) is 4.74 Å². The van der Waals surface area contributed by atoms with E-state index in [1.165, 1.54) is 0 Å². The summed E-state index contributed by atoms with van der Waals surface area (Å²) in [5.41, 5.74) is 0. The molecule has 0 aliphatic carbocycles. The smallest absolute Gasteiger partial charge is 0.223 e. The highest BCUT2D eigenvalue weighted by Crippen LogP contribution is 2.23. The second-order valence-corrected chi connectivity index (χ2v) is 6.14. The van der Waals surface area contributed by atoms with Crippen LogP contribution in [0.4, 0.5) is 0 Å². The molecule has 0 spiro atoms. The molecule has 1 fully saturated rings. The average molecular weight is 296 g/mol. The molecule has 1 heterocycles. The van der Waals surface area contributed by atoms with Gasteiger partial charge in [0.2, 0.25) is 5.91 Å². The Hall–Kier alpha value is 0.260. The quantitative estimate of drug-likeness (QED) is 0.758. The zero-order valence-electron chi connectivity index (χ0n) is 9.00. The fraction of sp³-hybridized carbons (Fsp3) is 0.900. The maximum atomic E-state index is 11.6. The van der Waals surface area contributed by atoms with Crippen molar-refractivity contribution >= 4 is 33.6 Å². The van der Waals surface area contributed by atoms with Crippen LogP contribution in [-0.2, 0) is 9.53 Å². The zero-order chi connectivity index (χ0) is 11.1. The standard InChI is InChI=1S/C10H18BrNO2S/c1-14-6-9(11)2-4-12-10(13)8-3-5-15-7-8/h8-9H,2-7H2,1H3,(H,12,13). The van der Waals surface area contributed by atoms with Crippen molar-refractivity contribution in [3.05, 3.63) is 0 Å². The van der Waals surface area contributed by atoms with Crippen LogP contribution in [0.25, 0.3) is 0 Å². The summed E-state index contributed by atoms with van der Waals surface area (Å²) in [4.78, 5) is 11.9. The fourth-order valence-electron chi connectivity index (χ4n) is 1.50. The Labute approximate surface area is 104 Å². The van der Waals surface area contributed by atoms with Crippen molar-refractivity contribution in [3.8, 4) is 0 Å². The van der Waals surface area contributed by atoms with Crippen LogP contribution >= 0.6 is 27.7 Å². The monoisotopic (exact) mass is 295 g/mol. The van der Waals surface area contributed by atoms with E-state index in [2.05, 4.69) is 21.2 Å². The van der Waals surface area contributed by atoms with E-state index >= 15 is 0 Å². The van der Waals surface area contributed by atoms with Gasteiger partial charge in [0.05, 0.1) is 6.61 Å². The first-order valence-corrected chi connectivity index (χ1v) is 7.29. The predicted octanol–water partition coefficient (Wildman–Crippen LogP) is 1.66. The van der Waals surface area contributed by atoms with E-state index in [1.54, 1.807) is 7.11 Å². The van der Waals surface area contributed by atoms with Crippen molar-refractivity contribution in [2.24, 2.45) is 5.92 Å². The van der Waals surface area contributed by atoms with Crippen molar-refractivity contribution in [1.29, 1.82) is 0 Å². The lowest BCUT2D eigenvalue weighted by atomic mass is 10.1. The molecule has 0 radical (unpaired) electrons. The third-order valence-corrected chi connectivity index (χ3v) is 4.29. The van der Waals surface area contributed by atoms with Crippen LogP contribution in [0.1, 0.15) is 12.8 Å². The first kappa shape index (κ1) is 13.3. The molecule has 1 amide bonds. The van der Waals surface area contributed by atoms with Gasteiger partial charge in [0.1, 0.15) is 0 Å². The average Bonchev–Trinajstić information content (AvgIpc) is 2.70. The number of carbonyl (C=O) groups excluding carboxylic acids is 1. The van der Waals surface area contributed by atoms with Gasteiger partial charge in [0, 0.05) is 30.2 Å². The number of rotatable bonds is 6. The molecule has 0 bridgehead atoms. The minimum atomic E-state index is 0.220. The lowest BCUT2D eigenvalue weighted by molar-refractivity contribution is -0.124. The molecule has 1 aliphatic heterocycles. The number of nitrogens with one attached hydrogen (secondary N) is 1. The number of carbonyl (C=O) groups is 1. The molecule has 3 nitrogen and oxygen atoms in total. The van der Waals surface area contributed by atoms with Crippen LogP contribution in [-0.4, -0.2) is 42.5 Å². The van der Waals surface area contributed by atoms with Gasteiger partial charge in [0.25, 0.3) is 0 Å². The van der Waals surface area contributed by atoms with Crippen LogP contribution in [0.2, 0.25) is 0 Å². The molecule has 2 unspecified atom stereocenters. The second-order valence-electron chi connectivity index (χ2n) is 3.69. The lowest BCUT2D eigenvalue weighted by Gasteiger charge is -2.12. The summed E-state index contributed by atoms with van der Waals surface area (Å²) < 4.78 is 5.00. The van der Waals surface area contributed by atoms with Crippen LogP contribution in [0.15, 0.2) is 0 Å². The van der Waals surface area contributed by atoms with E-state index in [1.807, 2.05) is 11.8 Å². The van der Waals surface area contributed by atoms with Gasteiger partial charge in [-0.2, -0.15) is 11.8 Å². The highest BCUT2D eigenvalue weighted by Gasteiger charge is 2.22. The topological polar surface area (TPSA) is 38.3 Å². The summed E-state index contributed by atoms with van der Waals surface area (Å²) in [6.07, 6.45) is 1.95. The number of hydrogen-bond donors (Lipinski definition) is 1. The summed E-state index contributed by atoms with van der Waals surface area (Å²) in [6, 6.07) is 0. The maximum Gasteiger partial charge on any atom is 0.223 e. The molecular formula is C10H18BrNO2S. The number of hydrogen-bond acceptors (Lipinski definition) is 3. The highest BCUT2D eigenvalue weighted by atomic mass is 79.9. The van der Waals surface area contributed by atoms with Crippen LogP contribution in [0, 0.1) is 5.92 Å². The van der Waals surface area contributed by atoms with E-state index < -0.39 is 0 Å². The molecule has 1 saturated heterocycles. The molecule has 88 valence electrons. The molecule has 15 heavy (non-hydrogen) atoms. The Bertz CT molecular complexity index is 198. The molecule has 1 rings (SSSR count).